The van der Waals surface area contributed by atoms with Gasteiger partial charge in [0.05, 0.1) is 10.9 Å². The molecule has 2 rings (SSSR count). The average Bonchev–Trinajstić information content (AvgIpc) is 3.05. The summed E-state index contributed by atoms with van der Waals surface area (Å²) in [4.78, 5) is 30.4. The predicted octanol–water partition coefficient (Wildman–Crippen LogP) is 2.05. The molecule has 0 aliphatic rings. The van der Waals surface area contributed by atoms with Crippen LogP contribution in [0.5, 0.6) is 0 Å². The first kappa shape index (κ1) is 13.3. The van der Waals surface area contributed by atoms with Crippen LogP contribution in [0, 0.1) is 0 Å². The van der Waals surface area contributed by atoms with E-state index in [2.05, 4.69) is 15.3 Å². The molecule has 100 valence electrons. The second-order valence-corrected chi connectivity index (χ2v) is 4.96. The first-order chi connectivity index (χ1) is 9.11. The fourth-order valence-corrected chi connectivity index (χ4v) is 2.38. The van der Waals surface area contributed by atoms with Crippen LogP contribution in [0.2, 0.25) is 0 Å². The fraction of sp³-hybridized carbons (Fsp3) is 0.250. The Kier molecular flexibility index (Phi) is 3.96. The number of H-pyrrole nitrogens is 1. The molecule has 2 heterocycles. The minimum Gasteiger partial charge on any atom is -0.477 e. The van der Waals surface area contributed by atoms with Gasteiger partial charge in [0.2, 0.25) is 0 Å². The number of hydrogen-bond donors (Lipinski definition) is 3. The summed E-state index contributed by atoms with van der Waals surface area (Å²) in [5.41, 5.74) is 0. The summed E-state index contributed by atoms with van der Waals surface area (Å²) in [6.07, 6.45) is 4.01. The maximum Gasteiger partial charge on any atom is 0.345 e. The molecule has 0 spiro atoms. The molecule has 0 aliphatic heterocycles. The van der Waals surface area contributed by atoms with Crippen molar-refractivity contribution in [2.24, 2.45) is 0 Å². The number of hydrogen-bond acceptors (Lipinski definition) is 4. The van der Waals surface area contributed by atoms with Gasteiger partial charge in [-0.25, -0.2) is 9.78 Å². The predicted molar refractivity (Wildman–Crippen MR) is 70.4 cm³/mol. The molecule has 0 saturated heterocycles. The zero-order valence-corrected chi connectivity index (χ0v) is 11.0. The van der Waals surface area contributed by atoms with Gasteiger partial charge in [0, 0.05) is 12.4 Å². The molecule has 0 aliphatic carbocycles. The monoisotopic (exact) mass is 279 g/mol. The Morgan fingerprint density at radius 1 is 1.47 bits per heavy atom. The number of aromatic nitrogens is 2. The molecule has 19 heavy (non-hydrogen) atoms. The number of thiophene rings is 1. The van der Waals surface area contributed by atoms with Crippen molar-refractivity contribution in [2.45, 2.75) is 19.4 Å². The summed E-state index contributed by atoms with van der Waals surface area (Å²) < 4.78 is 0. The summed E-state index contributed by atoms with van der Waals surface area (Å²) in [7, 11) is 0. The fourth-order valence-electron chi connectivity index (χ4n) is 1.64. The van der Waals surface area contributed by atoms with Crippen LogP contribution in [-0.4, -0.2) is 27.0 Å². The quantitative estimate of drug-likeness (QED) is 0.780. The lowest BCUT2D eigenvalue weighted by atomic mass is 10.2. The number of carboxylic acid groups (broad SMARTS) is 1. The van der Waals surface area contributed by atoms with Gasteiger partial charge in [-0.05, 0) is 18.6 Å². The summed E-state index contributed by atoms with van der Waals surface area (Å²) in [5.74, 6) is -0.631. The highest BCUT2D eigenvalue weighted by Gasteiger charge is 2.18. The van der Waals surface area contributed by atoms with Crippen molar-refractivity contribution in [2.75, 3.05) is 0 Å². The normalized spacial score (nSPS) is 12.1. The van der Waals surface area contributed by atoms with E-state index in [4.69, 9.17) is 5.11 Å². The van der Waals surface area contributed by atoms with E-state index in [0.717, 1.165) is 11.3 Å². The first-order valence-electron chi connectivity index (χ1n) is 5.75. The van der Waals surface area contributed by atoms with Crippen LogP contribution in [0.25, 0.3) is 0 Å². The smallest absolute Gasteiger partial charge is 0.345 e. The van der Waals surface area contributed by atoms with Gasteiger partial charge in [-0.1, -0.05) is 6.92 Å². The highest BCUT2D eigenvalue weighted by atomic mass is 32.1. The van der Waals surface area contributed by atoms with E-state index in [0.29, 0.717) is 17.1 Å². The molecule has 1 unspecified atom stereocenters. The molecule has 3 N–H and O–H groups in total. The van der Waals surface area contributed by atoms with Gasteiger partial charge in [0.25, 0.3) is 5.91 Å². The molecule has 0 bridgehead atoms. The van der Waals surface area contributed by atoms with Crippen molar-refractivity contribution in [3.05, 3.63) is 40.1 Å². The number of carbonyl (C=O) groups is 2. The number of imidazole rings is 1. The zero-order chi connectivity index (χ0) is 13.8. The van der Waals surface area contributed by atoms with Crippen molar-refractivity contribution >= 4 is 23.2 Å². The van der Waals surface area contributed by atoms with E-state index in [1.165, 1.54) is 12.1 Å². The number of carbonyl (C=O) groups excluding carboxylic acids is 1. The largest absolute Gasteiger partial charge is 0.477 e. The van der Waals surface area contributed by atoms with Crippen molar-refractivity contribution in [3.63, 3.8) is 0 Å². The second kappa shape index (κ2) is 5.66. The highest BCUT2D eigenvalue weighted by Crippen LogP contribution is 2.18. The topological polar surface area (TPSA) is 95.1 Å². The van der Waals surface area contributed by atoms with Gasteiger partial charge in [-0.3, -0.25) is 4.79 Å². The van der Waals surface area contributed by atoms with E-state index in [1.807, 2.05) is 6.92 Å². The van der Waals surface area contributed by atoms with Crippen LogP contribution >= 0.6 is 11.3 Å². The summed E-state index contributed by atoms with van der Waals surface area (Å²) >= 11 is 0.957. The minimum absolute atomic E-state index is 0.149. The van der Waals surface area contributed by atoms with Crippen molar-refractivity contribution < 1.29 is 14.7 Å². The van der Waals surface area contributed by atoms with E-state index in [-0.39, 0.29) is 16.8 Å². The standard InChI is InChI=1S/C12H13N3O3S/c1-2-7(10-13-5-6-14-10)15-11(16)8-3-4-9(19-8)12(17)18/h3-7H,2H2,1H3,(H,13,14)(H,15,16)(H,17,18). The first-order valence-corrected chi connectivity index (χ1v) is 6.56. The Morgan fingerprint density at radius 2 is 2.21 bits per heavy atom. The van der Waals surface area contributed by atoms with Gasteiger partial charge >= 0.3 is 5.97 Å². The number of rotatable bonds is 5. The Labute approximate surface area is 113 Å². The van der Waals surface area contributed by atoms with Gasteiger partial charge < -0.3 is 15.4 Å². The van der Waals surface area contributed by atoms with Crippen LogP contribution in [0.1, 0.15) is 44.6 Å². The lowest BCUT2D eigenvalue weighted by Crippen LogP contribution is -2.28. The molecule has 0 saturated carbocycles. The third kappa shape index (κ3) is 3.00. The second-order valence-electron chi connectivity index (χ2n) is 3.88. The van der Waals surface area contributed by atoms with Gasteiger partial charge in [0.1, 0.15) is 10.7 Å². The molecular weight excluding hydrogens is 266 g/mol. The third-order valence-corrected chi connectivity index (χ3v) is 3.68. The summed E-state index contributed by atoms with van der Waals surface area (Å²) in [6.45, 7) is 1.94. The number of nitrogens with zero attached hydrogens (tertiary/aromatic N) is 1. The van der Waals surface area contributed by atoms with E-state index < -0.39 is 5.97 Å². The molecule has 2 aromatic heterocycles. The molecule has 6 nitrogen and oxygen atoms in total. The molecule has 0 aromatic carbocycles. The molecule has 2 aromatic rings. The SMILES string of the molecule is CCC(NC(=O)c1ccc(C(=O)O)s1)c1ncc[nH]1. The van der Waals surface area contributed by atoms with Crippen LogP contribution in [0.4, 0.5) is 0 Å². The summed E-state index contributed by atoms with van der Waals surface area (Å²) in [6, 6.07) is 2.73. The Hall–Kier alpha value is -2.15. The maximum atomic E-state index is 12.0. The minimum atomic E-state index is -1.03. The molecule has 1 atom stereocenters. The van der Waals surface area contributed by atoms with Crippen molar-refractivity contribution in [1.29, 1.82) is 0 Å². The Balaban J connectivity index is 2.09. The van der Waals surface area contributed by atoms with Crippen LogP contribution < -0.4 is 5.32 Å². The summed E-state index contributed by atoms with van der Waals surface area (Å²) in [5, 5.41) is 11.6. The van der Waals surface area contributed by atoms with Gasteiger partial charge in [-0.15, -0.1) is 11.3 Å². The number of amides is 1. The molecule has 1 amide bonds. The van der Waals surface area contributed by atoms with Gasteiger partial charge in [0.15, 0.2) is 0 Å². The van der Waals surface area contributed by atoms with Crippen LogP contribution in [0.15, 0.2) is 24.5 Å². The molecular formula is C12H13N3O3S. The van der Waals surface area contributed by atoms with Crippen molar-refractivity contribution in [1.82, 2.24) is 15.3 Å². The average molecular weight is 279 g/mol. The van der Waals surface area contributed by atoms with E-state index >= 15 is 0 Å². The van der Waals surface area contributed by atoms with Gasteiger partial charge in [-0.2, -0.15) is 0 Å². The number of carboxylic acids is 1. The number of aromatic amines is 1. The van der Waals surface area contributed by atoms with Crippen molar-refractivity contribution in [3.8, 4) is 0 Å². The zero-order valence-electron chi connectivity index (χ0n) is 10.2. The van der Waals surface area contributed by atoms with E-state index in [1.54, 1.807) is 12.4 Å². The maximum absolute atomic E-state index is 12.0. The lowest BCUT2D eigenvalue weighted by molar-refractivity contribution is 0.0702. The Morgan fingerprint density at radius 3 is 2.74 bits per heavy atom. The number of nitrogens with one attached hydrogen (secondary N) is 2. The van der Waals surface area contributed by atoms with Crippen LogP contribution in [-0.2, 0) is 0 Å². The molecule has 0 fully saturated rings. The molecule has 0 radical (unpaired) electrons. The molecule has 7 heteroatoms. The third-order valence-electron chi connectivity index (χ3n) is 2.60. The highest BCUT2D eigenvalue weighted by molar-refractivity contribution is 7.15. The lowest BCUT2D eigenvalue weighted by Gasteiger charge is -2.13. The number of aromatic carboxylic acids is 1. The van der Waals surface area contributed by atoms with E-state index in [9.17, 15) is 9.59 Å². The Bertz CT molecular complexity index is 577. The van der Waals surface area contributed by atoms with Crippen LogP contribution in [0.3, 0.4) is 0 Å².